The summed E-state index contributed by atoms with van der Waals surface area (Å²) in [5.41, 5.74) is 3.90. The number of halogens is 2. The van der Waals surface area contributed by atoms with E-state index in [1.165, 1.54) is 6.20 Å². The first-order chi connectivity index (χ1) is 19.1. The number of nitrogens with one attached hydrogen (secondary N) is 2. The summed E-state index contributed by atoms with van der Waals surface area (Å²) in [5.74, 6) is -3.31. The van der Waals surface area contributed by atoms with E-state index >= 15 is 0 Å². The second kappa shape index (κ2) is 10.0. The molecule has 2 amide bonds. The second-order valence-electron chi connectivity index (χ2n) is 10.6. The lowest BCUT2D eigenvalue weighted by molar-refractivity contribution is -0.128. The lowest BCUT2D eigenvalue weighted by Gasteiger charge is -2.45. The molecule has 11 nitrogen and oxygen atoms in total. The number of rotatable bonds is 6. The molecule has 0 radical (unpaired) electrons. The third-order valence-corrected chi connectivity index (χ3v) is 7.74. The molecule has 0 spiro atoms. The van der Waals surface area contributed by atoms with Crippen LogP contribution in [0.25, 0.3) is 16.8 Å². The summed E-state index contributed by atoms with van der Waals surface area (Å²) < 4.78 is 30.2. The highest BCUT2D eigenvalue weighted by atomic mass is 19.3. The maximum absolute atomic E-state index is 13.4. The van der Waals surface area contributed by atoms with Crippen molar-refractivity contribution in [2.45, 2.75) is 44.6 Å². The standard InChI is InChI=1S/C27H29F2N9O2/c1-16-22(35-26(40)21-10-33-38-15-23(31-11-24(21)38)17-8-32-36(2)12-17)7-19(9-30-16)34-25(39)18-13-37(14-18)20-3-5-27(28,29)6-4-20/h7-12,15,18,20H,3-6,13-14H2,1-2H3,(H,34,39)(H,35,40). The summed E-state index contributed by atoms with van der Waals surface area (Å²) >= 11 is 0. The van der Waals surface area contributed by atoms with E-state index in [9.17, 15) is 18.4 Å². The van der Waals surface area contributed by atoms with E-state index in [0.717, 1.165) is 5.56 Å². The van der Waals surface area contributed by atoms with Gasteiger partial charge in [-0.3, -0.25) is 29.1 Å². The van der Waals surface area contributed by atoms with E-state index in [2.05, 4.69) is 35.7 Å². The number of aromatic nitrogens is 6. The number of anilines is 2. The predicted molar refractivity (Wildman–Crippen MR) is 143 cm³/mol. The van der Waals surface area contributed by atoms with Crippen molar-refractivity contribution in [2.24, 2.45) is 13.0 Å². The Labute approximate surface area is 228 Å². The highest BCUT2D eigenvalue weighted by Gasteiger charge is 2.42. The van der Waals surface area contributed by atoms with Gasteiger partial charge in [-0.2, -0.15) is 10.2 Å². The molecule has 1 aliphatic heterocycles. The Balaban J connectivity index is 1.09. The molecule has 1 aliphatic carbocycles. The molecule has 2 fully saturated rings. The van der Waals surface area contributed by atoms with Gasteiger partial charge >= 0.3 is 0 Å². The number of nitrogens with zero attached hydrogens (tertiary/aromatic N) is 7. The van der Waals surface area contributed by atoms with Crippen LogP contribution in [0, 0.1) is 12.8 Å². The number of carbonyl (C=O) groups is 2. The minimum Gasteiger partial charge on any atom is -0.324 e. The summed E-state index contributed by atoms with van der Waals surface area (Å²) in [6.07, 6.45) is 10.6. The molecule has 4 aromatic heterocycles. The van der Waals surface area contributed by atoms with Gasteiger partial charge in [0.05, 0.1) is 70.7 Å². The quantitative estimate of drug-likeness (QED) is 0.377. The van der Waals surface area contributed by atoms with Crippen LogP contribution in [0.2, 0.25) is 0 Å². The Morgan fingerprint density at radius 2 is 1.77 bits per heavy atom. The van der Waals surface area contributed by atoms with Crippen LogP contribution in [0.3, 0.4) is 0 Å². The van der Waals surface area contributed by atoms with Crippen molar-refractivity contribution in [3.63, 3.8) is 0 Å². The zero-order valence-electron chi connectivity index (χ0n) is 22.1. The largest absolute Gasteiger partial charge is 0.324 e. The molecule has 2 aliphatic rings. The Morgan fingerprint density at radius 1 is 1.00 bits per heavy atom. The van der Waals surface area contributed by atoms with E-state index < -0.39 is 5.92 Å². The topological polar surface area (TPSA) is 122 Å². The van der Waals surface area contributed by atoms with Gasteiger partial charge in [0, 0.05) is 50.8 Å². The fourth-order valence-corrected chi connectivity index (χ4v) is 5.29. The average molecular weight is 550 g/mol. The van der Waals surface area contributed by atoms with E-state index in [4.69, 9.17) is 0 Å². The molecule has 6 rings (SSSR count). The van der Waals surface area contributed by atoms with E-state index in [-0.39, 0.29) is 36.6 Å². The van der Waals surface area contributed by atoms with Crippen LogP contribution in [-0.4, -0.2) is 71.1 Å². The molecule has 1 saturated carbocycles. The lowest BCUT2D eigenvalue weighted by Crippen LogP contribution is -2.57. The van der Waals surface area contributed by atoms with E-state index in [0.29, 0.717) is 59.8 Å². The lowest BCUT2D eigenvalue weighted by atomic mass is 9.87. The van der Waals surface area contributed by atoms with Crippen LogP contribution in [0.5, 0.6) is 0 Å². The molecular formula is C27H29F2N9O2. The molecule has 0 aromatic carbocycles. The number of hydrogen-bond acceptors (Lipinski definition) is 7. The summed E-state index contributed by atoms with van der Waals surface area (Å²) in [6.45, 7) is 2.86. The number of pyridine rings is 1. The Morgan fingerprint density at radius 3 is 2.50 bits per heavy atom. The van der Waals surface area contributed by atoms with Gasteiger partial charge in [-0.15, -0.1) is 0 Å². The van der Waals surface area contributed by atoms with Crippen LogP contribution in [0.4, 0.5) is 20.2 Å². The first-order valence-electron chi connectivity index (χ1n) is 13.2. The van der Waals surface area contributed by atoms with Gasteiger partial charge in [-0.25, -0.2) is 13.3 Å². The zero-order chi connectivity index (χ0) is 28.0. The minimum absolute atomic E-state index is 0.0905. The first-order valence-corrected chi connectivity index (χ1v) is 13.2. The van der Waals surface area contributed by atoms with E-state index in [1.54, 1.807) is 47.0 Å². The van der Waals surface area contributed by atoms with Crippen LogP contribution in [0.1, 0.15) is 41.7 Å². The van der Waals surface area contributed by atoms with Gasteiger partial charge in [-0.05, 0) is 25.8 Å². The molecule has 0 bridgehead atoms. The molecule has 0 unspecified atom stereocenters. The smallest absolute Gasteiger partial charge is 0.259 e. The summed E-state index contributed by atoms with van der Waals surface area (Å²) in [5, 5.41) is 14.2. The van der Waals surface area contributed by atoms with Crippen molar-refractivity contribution in [2.75, 3.05) is 23.7 Å². The van der Waals surface area contributed by atoms with Crippen LogP contribution in [0.15, 0.2) is 43.2 Å². The van der Waals surface area contributed by atoms with Gasteiger partial charge in [-0.1, -0.05) is 0 Å². The monoisotopic (exact) mass is 549 g/mol. The second-order valence-corrected chi connectivity index (χ2v) is 10.6. The maximum Gasteiger partial charge on any atom is 0.259 e. The van der Waals surface area contributed by atoms with Crippen molar-refractivity contribution in [3.8, 4) is 11.3 Å². The van der Waals surface area contributed by atoms with Gasteiger partial charge in [0.1, 0.15) is 0 Å². The molecule has 40 heavy (non-hydrogen) atoms. The number of carbonyl (C=O) groups excluding carboxylic acids is 2. The SMILES string of the molecule is Cc1ncc(NC(=O)C2CN(C3CCC(F)(F)CC3)C2)cc1NC(=O)c1cnn2cc(-c3cnn(C)c3)ncc12. The predicted octanol–water partition coefficient (Wildman–Crippen LogP) is 3.53. The normalized spacial score (nSPS) is 18.0. The molecule has 5 heterocycles. The number of amides is 2. The highest BCUT2D eigenvalue weighted by molar-refractivity contribution is 6.09. The van der Waals surface area contributed by atoms with Crippen molar-refractivity contribution < 1.29 is 18.4 Å². The molecule has 0 atom stereocenters. The van der Waals surface area contributed by atoms with Crippen molar-refractivity contribution in [1.29, 1.82) is 0 Å². The van der Waals surface area contributed by atoms with Gasteiger partial charge in [0.15, 0.2) is 0 Å². The number of alkyl halides is 2. The molecule has 1 saturated heterocycles. The minimum atomic E-state index is -2.56. The van der Waals surface area contributed by atoms with Crippen LogP contribution in [-0.2, 0) is 11.8 Å². The molecule has 208 valence electrons. The van der Waals surface area contributed by atoms with Crippen molar-refractivity contribution in [1.82, 2.24) is 34.3 Å². The first kappa shape index (κ1) is 26.0. The van der Waals surface area contributed by atoms with Gasteiger partial charge in [0.25, 0.3) is 5.91 Å². The summed E-state index contributed by atoms with van der Waals surface area (Å²) in [4.78, 5) is 36.9. The highest BCUT2D eigenvalue weighted by Crippen LogP contribution is 2.37. The molecule has 2 N–H and O–H groups in total. The van der Waals surface area contributed by atoms with E-state index in [1.807, 2.05) is 13.2 Å². The molecular weight excluding hydrogens is 520 g/mol. The van der Waals surface area contributed by atoms with Gasteiger partial charge in [0.2, 0.25) is 11.8 Å². The van der Waals surface area contributed by atoms with Crippen LogP contribution >= 0.6 is 0 Å². The molecule has 13 heteroatoms. The average Bonchev–Trinajstić information content (AvgIpc) is 3.52. The number of fused-ring (bicyclic) bond motifs is 1. The maximum atomic E-state index is 13.4. The Bertz CT molecular complexity index is 1580. The number of likely N-dealkylation sites (tertiary alicyclic amines) is 1. The fourth-order valence-electron chi connectivity index (χ4n) is 5.29. The zero-order valence-corrected chi connectivity index (χ0v) is 22.1. The Kier molecular flexibility index (Phi) is 6.53. The number of aryl methyl sites for hydroxylation is 2. The summed E-state index contributed by atoms with van der Waals surface area (Å²) in [7, 11) is 1.82. The van der Waals surface area contributed by atoms with Gasteiger partial charge < -0.3 is 10.6 Å². The fraction of sp³-hybridized carbons (Fsp3) is 0.407. The third-order valence-electron chi connectivity index (χ3n) is 7.74. The van der Waals surface area contributed by atoms with Crippen molar-refractivity contribution >= 4 is 28.7 Å². The Hall–Kier alpha value is -4.26. The number of hydrogen-bond donors (Lipinski definition) is 2. The summed E-state index contributed by atoms with van der Waals surface area (Å²) in [6, 6.07) is 1.78. The van der Waals surface area contributed by atoms with Crippen molar-refractivity contribution in [3.05, 3.63) is 54.5 Å². The third kappa shape index (κ3) is 5.16. The molecule has 4 aromatic rings. The van der Waals surface area contributed by atoms with Crippen LogP contribution < -0.4 is 10.6 Å².